The molecule has 0 aliphatic carbocycles. The quantitative estimate of drug-likeness (QED) is 0.690. The van der Waals surface area contributed by atoms with Gasteiger partial charge in [0.15, 0.2) is 0 Å². The summed E-state index contributed by atoms with van der Waals surface area (Å²) in [6.45, 7) is 0.843. The van der Waals surface area contributed by atoms with Crippen LogP contribution in [-0.4, -0.2) is 9.55 Å². The molecule has 0 N–H and O–H groups in total. The van der Waals surface area contributed by atoms with Crippen molar-refractivity contribution in [1.82, 2.24) is 9.55 Å². The monoisotopic (exact) mass is 260 g/mol. The van der Waals surface area contributed by atoms with E-state index in [-0.39, 0.29) is 0 Å². The summed E-state index contributed by atoms with van der Waals surface area (Å²) in [6, 6.07) is 20.7. The topological polar surface area (TPSA) is 17.8 Å². The molecule has 0 aliphatic heterocycles. The number of hydrogen-bond acceptors (Lipinski definition) is 1. The normalized spacial score (nSPS) is 11.0. The summed E-state index contributed by atoms with van der Waals surface area (Å²) in [6.07, 6.45) is 7.98. The fourth-order valence-corrected chi connectivity index (χ4v) is 2.13. The van der Waals surface area contributed by atoms with Crippen LogP contribution in [0.15, 0.2) is 73.2 Å². The third-order valence-corrected chi connectivity index (χ3v) is 3.19. The Kier molecular flexibility index (Phi) is 3.74. The zero-order valence-electron chi connectivity index (χ0n) is 11.2. The average Bonchev–Trinajstić information content (AvgIpc) is 2.94. The molecule has 0 unspecified atom stereocenters. The molecule has 1 aromatic heterocycles. The molecule has 0 spiro atoms. The minimum absolute atomic E-state index is 0.843. The van der Waals surface area contributed by atoms with E-state index in [2.05, 4.69) is 58.1 Å². The first-order valence-electron chi connectivity index (χ1n) is 6.69. The lowest BCUT2D eigenvalue weighted by Gasteiger charge is -2.05. The first-order chi connectivity index (χ1) is 9.92. The Labute approximate surface area is 119 Å². The van der Waals surface area contributed by atoms with E-state index >= 15 is 0 Å². The predicted molar refractivity (Wildman–Crippen MR) is 83.1 cm³/mol. The first kappa shape index (κ1) is 12.4. The van der Waals surface area contributed by atoms with Gasteiger partial charge in [0.1, 0.15) is 0 Å². The Balaban J connectivity index is 1.79. The van der Waals surface area contributed by atoms with Gasteiger partial charge in [-0.2, -0.15) is 0 Å². The van der Waals surface area contributed by atoms with Crippen LogP contribution in [0.1, 0.15) is 16.8 Å². The zero-order chi connectivity index (χ0) is 13.6. The van der Waals surface area contributed by atoms with Crippen molar-refractivity contribution in [3.05, 3.63) is 90.0 Å². The lowest BCUT2D eigenvalue weighted by atomic mass is 10.2. The van der Waals surface area contributed by atoms with Crippen molar-refractivity contribution in [3.63, 3.8) is 0 Å². The second-order valence-electron chi connectivity index (χ2n) is 4.68. The second kappa shape index (κ2) is 6.02. The van der Waals surface area contributed by atoms with E-state index < -0.39 is 0 Å². The van der Waals surface area contributed by atoms with E-state index in [1.165, 1.54) is 11.1 Å². The molecule has 2 heteroatoms. The fourth-order valence-electron chi connectivity index (χ4n) is 2.13. The molecular weight excluding hydrogens is 244 g/mol. The van der Waals surface area contributed by atoms with Gasteiger partial charge in [-0.1, -0.05) is 66.7 Å². The number of hydrogen-bond donors (Lipinski definition) is 0. The highest BCUT2D eigenvalue weighted by Crippen LogP contribution is 2.10. The summed E-state index contributed by atoms with van der Waals surface area (Å²) >= 11 is 0. The van der Waals surface area contributed by atoms with Gasteiger partial charge in [-0.05, 0) is 17.2 Å². The van der Waals surface area contributed by atoms with Crippen LogP contribution in [0.3, 0.4) is 0 Å². The number of rotatable bonds is 4. The molecule has 0 fully saturated rings. The van der Waals surface area contributed by atoms with Gasteiger partial charge in [-0.15, -0.1) is 0 Å². The van der Waals surface area contributed by atoms with Crippen LogP contribution in [0.2, 0.25) is 0 Å². The summed E-state index contributed by atoms with van der Waals surface area (Å²) in [5, 5.41) is 0. The molecular formula is C18H16N2. The highest BCUT2D eigenvalue weighted by atomic mass is 15.0. The van der Waals surface area contributed by atoms with Gasteiger partial charge in [-0.3, -0.25) is 0 Å². The summed E-state index contributed by atoms with van der Waals surface area (Å²) in [5.74, 6) is 0. The summed E-state index contributed by atoms with van der Waals surface area (Å²) < 4.78 is 2.15. The summed E-state index contributed by atoms with van der Waals surface area (Å²) in [4.78, 5) is 4.24. The molecule has 0 bridgehead atoms. The van der Waals surface area contributed by atoms with Crippen molar-refractivity contribution >= 4 is 12.2 Å². The van der Waals surface area contributed by atoms with Crippen LogP contribution >= 0.6 is 0 Å². The molecule has 20 heavy (non-hydrogen) atoms. The second-order valence-corrected chi connectivity index (χ2v) is 4.68. The van der Waals surface area contributed by atoms with Crippen molar-refractivity contribution in [3.8, 4) is 0 Å². The Hall–Kier alpha value is -2.61. The number of nitrogens with zero attached hydrogens (tertiary/aromatic N) is 2. The van der Waals surface area contributed by atoms with Crippen LogP contribution in [0, 0.1) is 0 Å². The lowest BCUT2D eigenvalue weighted by molar-refractivity contribution is 0.790. The van der Waals surface area contributed by atoms with E-state index in [1.807, 2.05) is 36.8 Å². The molecule has 2 aromatic carbocycles. The first-order valence-corrected chi connectivity index (χ1v) is 6.69. The molecule has 0 aliphatic rings. The minimum atomic E-state index is 0.843. The molecule has 0 saturated heterocycles. The fraction of sp³-hybridized carbons (Fsp3) is 0.0556. The highest BCUT2D eigenvalue weighted by Gasteiger charge is 1.99. The minimum Gasteiger partial charge on any atom is -0.327 e. The van der Waals surface area contributed by atoms with Gasteiger partial charge < -0.3 is 4.57 Å². The lowest BCUT2D eigenvalue weighted by Crippen LogP contribution is -1.99. The Morgan fingerprint density at radius 2 is 1.55 bits per heavy atom. The van der Waals surface area contributed by atoms with Crippen LogP contribution in [-0.2, 0) is 6.54 Å². The summed E-state index contributed by atoms with van der Waals surface area (Å²) in [7, 11) is 0. The predicted octanol–water partition coefficient (Wildman–Crippen LogP) is 4.10. The van der Waals surface area contributed by atoms with Crippen molar-refractivity contribution < 1.29 is 0 Å². The molecule has 98 valence electrons. The molecule has 2 nitrogen and oxygen atoms in total. The van der Waals surface area contributed by atoms with E-state index in [4.69, 9.17) is 0 Å². The SMILES string of the molecule is C(=Cc1cncn1Cc1ccccc1)c1ccccc1. The van der Waals surface area contributed by atoms with Crippen molar-refractivity contribution in [2.45, 2.75) is 6.54 Å². The van der Waals surface area contributed by atoms with Crippen LogP contribution in [0.4, 0.5) is 0 Å². The number of imidazole rings is 1. The Morgan fingerprint density at radius 1 is 0.850 bits per heavy atom. The molecule has 0 radical (unpaired) electrons. The Bertz CT molecular complexity index is 682. The number of aromatic nitrogens is 2. The van der Waals surface area contributed by atoms with Crippen molar-refractivity contribution in [2.75, 3.05) is 0 Å². The average molecular weight is 260 g/mol. The molecule has 3 aromatic rings. The maximum absolute atomic E-state index is 4.24. The third-order valence-electron chi connectivity index (χ3n) is 3.19. The van der Waals surface area contributed by atoms with Crippen LogP contribution in [0.5, 0.6) is 0 Å². The van der Waals surface area contributed by atoms with Gasteiger partial charge in [0, 0.05) is 6.54 Å². The van der Waals surface area contributed by atoms with E-state index in [0.29, 0.717) is 0 Å². The van der Waals surface area contributed by atoms with Crippen molar-refractivity contribution in [2.24, 2.45) is 0 Å². The van der Waals surface area contributed by atoms with Crippen molar-refractivity contribution in [1.29, 1.82) is 0 Å². The molecule has 0 saturated carbocycles. The third kappa shape index (κ3) is 3.04. The van der Waals surface area contributed by atoms with Gasteiger partial charge in [0.25, 0.3) is 0 Å². The maximum atomic E-state index is 4.24. The smallest absolute Gasteiger partial charge is 0.0953 e. The molecule has 1 heterocycles. The number of benzene rings is 2. The van der Waals surface area contributed by atoms with E-state index in [1.54, 1.807) is 0 Å². The van der Waals surface area contributed by atoms with Gasteiger partial charge in [0.05, 0.1) is 18.2 Å². The molecule has 0 atom stereocenters. The summed E-state index contributed by atoms with van der Waals surface area (Å²) in [5.41, 5.74) is 3.58. The van der Waals surface area contributed by atoms with E-state index in [0.717, 1.165) is 12.2 Å². The van der Waals surface area contributed by atoms with Gasteiger partial charge in [0.2, 0.25) is 0 Å². The van der Waals surface area contributed by atoms with Crippen LogP contribution in [0.25, 0.3) is 12.2 Å². The standard InChI is InChI=1S/C18H16N2/c1-3-7-16(8-4-1)11-12-18-13-19-15-20(18)14-17-9-5-2-6-10-17/h1-13,15H,14H2. The highest BCUT2D eigenvalue weighted by molar-refractivity contribution is 5.67. The maximum Gasteiger partial charge on any atom is 0.0953 e. The Morgan fingerprint density at radius 3 is 2.30 bits per heavy atom. The van der Waals surface area contributed by atoms with Gasteiger partial charge >= 0.3 is 0 Å². The molecule has 3 rings (SSSR count). The van der Waals surface area contributed by atoms with E-state index in [9.17, 15) is 0 Å². The molecule has 0 amide bonds. The van der Waals surface area contributed by atoms with Gasteiger partial charge in [-0.25, -0.2) is 4.98 Å². The van der Waals surface area contributed by atoms with Crippen LogP contribution < -0.4 is 0 Å². The largest absolute Gasteiger partial charge is 0.327 e. The zero-order valence-corrected chi connectivity index (χ0v) is 11.2.